The van der Waals surface area contributed by atoms with E-state index in [0.717, 1.165) is 0 Å². The molecule has 2 atom stereocenters. The molecule has 6 heteroatoms. The van der Waals surface area contributed by atoms with Crippen LogP contribution < -0.4 is 10.4 Å². The summed E-state index contributed by atoms with van der Waals surface area (Å²) in [4.78, 5) is 13.2. The standard InChI is InChI=1S/C32H50O4Si2/c1-25(30(34)26(2)29(33)22-24-35-37(9,10)31(3,4)5)21-23-36-38(32(6,7)8,27-17-13-11-14-18-27)28-19-15-12-16-20-28/h11-21,26,29,33H,22-24H2,1-10H3/b25-21-/t26-,29-/m0/s1. The van der Waals surface area contributed by atoms with Gasteiger partial charge in [-0.05, 0) is 52.5 Å². The Labute approximate surface area is 233 Å². The van der Waals surface area contributed by atoms with Crippen LogP contribution in [-0.2, 0) is 13.6 Å². The molecule has 0 spiro atoms. The third-order valence-corrected chi connectivity index (χ3v) is 17.7. The Hall–Kier alpha value is -1.84. The monoisotopic (exact) mass is 554 g/mol. The molecule has 1 N–H and O–H groups in total. The number of benzene rings is 2. The fourth-order valence-electron chi connectivity index (χ4n) is 4.59. The molecule has 0 aromatic heterocycles. The molecule has 2 rings (SSSR count). The van der Waals surface area contributed by atoms with E-state index in [-0.39, 0.29) is 15.9 Å². The second-order valence-corrected chi connectivity index (χ2v) is 22.1. The van der Waals surface area contributed by atoms with Gasteiger partial charge in [0.05, 0.1) is 12.7 Å². The van der Waals surface area contributed by atoms with Crippen molar-refractivity contribution in [1.82, 2.24) is 0 Å². The lowest BCUT2D eigenvalue weighted by Gasteiger charge is -2.42. The maximum absolute atomic E-state index is 13.2. The van der Waals surface area contributed by atoms with Gasteiger partial charge in [-0.25, -0.2) is 0 Å². The Morgan fingerprint density at radius 2 is 1.34 bits per heavy atom. The van der Waals surface area contributed by atoms with Crippen molar-refractivity contribution in [2.45, 2.75) is 91.1 Å². The lowest BCUT2D eigenvalue weighted by atomic mass is 9.93. The van der Waals surface area contributed by atoms with Gasteiger partial charge < -0.3 is 14.0 Å². The molecule has 0 amide bonds. The molecule has 0 radical (unpaired) electrons. The van der Waals surface area contributed by atoms with Crippen LogP contribution in [0, 0.1) is 5.92 Å². The largest absolute Gasteiger partial charge is 0.417 e. The Kier molecular flexibility index (Phi) is 11.1. The Bertz CT molecular complexity index is 1010. The van der Waals surface area contributed by atoms with Gasteiger partial charge in [-0.2, -0.15) is 0 Å². The second-order valence-electron chi connectivity index (χ2n) is 13.0. The van der Waals surface area contributed by atoms with Gasteiger partial charge in [-0.15, -0.1) is 0 Å². The summed E-state index contributed by atoms with van der Waals surface area (Å²) >= 11 is 0. The maximum Gasteiger partial charge on any atom is 0.261 e. The van der Waals surface area contributed by atoms with E-state index in [1.165, 1.54) is 10.4 Å². The summed E-state index contributed by atoms with van der Waals surface area (Å²) < 4.78 is 13.1. The van der Waals surface area contributed by atoms with Crippen LogP contribution >= 0.6 is 0 Å². The van der Waals surface area contributed by atoms with E-state index in [4.69, 9.17) is 8.85 Å². The highest BCUT2D eigenvalue weighted by atomic mass is 28.4. The summed E-state index contributed by atoms with van der Waals surface area (Å²) in [5.74, 6) is -0.544. The molecule has 210 valence electrons. The fourth-order valence-corrected chi connectivity index (χ4v) is 10.1. The number of Topliss-reactive ketones (excluding diaryl/α,β-unsaturated/α-hetero) is 1. The molecule has 0 bridgehead atoms. The van der Waals surface area contributed by atoms with Crippen LogP contribution in [0.25, 0.3) is 0 Å². The molecule has 0 aliphatic heterocycles. The van der Waals surface area contributed by atoms with Crippen LogP contribution in [0.5, 0.6) is 0 Å². The van der Waals surface area contributed by atoms with E-state index in [0.29, 0.717) is 25.2 Å². The fraction of sp³-hybridized carbons (Fsp3) is 0.531. The summed E-state index contributed by atoms with van der Waals surface area (Å²) in [6.45, 7) is 22.2. The van der Waals surface area contributed by atoms with Crippen molar-refractivity contribution in [3.63, 3.8) is 0 Å². The highest BCUT2D eigenvalue weighted by Crippen LogP contribution is 2.37. The molecule has 38 heavy (non-hydrogen) atoms. The molecular weight excluding hydrogens is 505 g/mol. The van der Waals surface area contributed by atoms with E-state index in [1.807, 2.05) is 25.1 Å². The molecule has 0 saturated heterocycles. The molecule has 0 aliphatic rings. The lowest BCUT2D eigenvalue weighted by Crippen LogP contribution is -2.66. The molecule has 4 nitrogen and oxygen atoms in total. The average Bonchev–Trinajstić information content (AvgIpc) is 2.85. The van der Waals surface area contributed by atoms with Gasteiger partial charge >= 0.3 is 0 Å². The number of allylic oxidation sites excluding steroid dienone is 1. The minimum atomic E-state index is -2.67. The van der Waals surface area contributed by atoms with E-state index < -0.39 is 28.7 Å². The predicted octanol–water partition coefficient (Wildman–Crippen LogP) is 6.49. The second kappa shape index (κ2) is 13.0. The summed E-state index contributed by atoms with van der Waals surface area (Å²) in [5, 5.41) is 13.2. The number of ketones is 1. The van der Waals surface area contributed by atoms with Crippen molar-refractivity contribution < 1.29 is 18.8 Å². The lowest BCUT2D eigenvalue weighted by molar-refractivity contribution is -0.122. The van der Waals surface area contributed by atoms with Crippen LogP contribution in [0.1, 0.15) is 61.8 Å². The van der Waals surface area contributed by atoms with Gasteiger partial charge in [0.2, 0.25) is 0 Å². The first kappa shape index (κ1) is 32.4. The van der Waals surface area contributed by atoms with Crippen molar-refractivity contribution in [1.29, 1.82) is 0 Å². The van der Waals surface area contributed by atoms with E-state index in [9.17, 15) is 9.90 Å². The van der Waals surface area contributed by atoms with Crippen LogP contribution in [0.3, 0.4) is 0 Å². The summed E-state index contributed by atoms with van der Waals surface area (Å²) in [6.07, 6.45) is 1.59. The molecule has 0 unspecified atom stereocenters. The van der Waals surface area contributed by atoms with Crippen molar-refractivity contribution in [2.24, 2.45) is 5.92 Å². The minimum Gasteiger partial charge on any atom is -0.417 e. The maximum atomic E-state index is 13.2. The zero-order valence-electron chi connectivity index (χ0n) is 25.3. The van der Waals surface area contributed by atoms with Gasteiger partial charge in [0.25, 0.3) is 8.32 Å². The average molecular weight is 555 g/mol. The van der Waals surface area contributed by atoms with Crippen molar-refractivity contribution in [3.05, 3.63) is 72.3 Å². The molecule has 2 aromatic carbocycles. The molecule has 0 saturated carbocycles. The van der Waals surface area contributed by atoms with E-state index in [2.05, 4.69) is 103 Å². The first-order valence-corrected chi connectivity index (χ1v) is 18.6. The van der Waals surface area contributed by atoms with E-state index in [1.54, 1.807) is 6.92 Å². The highest BCUT2D eigenvalue weighted by Gasteiger charge is 2.50. The third-order valence-electron chi connectivity index (χ3n) is 8.17. The van der Waals surface area contributed by atoms with Gasteiger partial charge in [0.15, 0.2) is 14.1 Å². The highest BCUT2D eigenvalue weighted by molar-refractivity contribution is 6.99. The zero-order valence-corrected chi connectivity index (χ0v) is 27.3. The Balaban J connectivity index is 2.17. The number of hydrogen-bond donors (Lipinski definition) is 1. The van der Waals surface area contributed by atoms with Crippen molar-refractivity contribution >= 4 is 32.8 Å². The molecular formula is C32H50O4Si2. The number of aliphatic hydroxyl groups is 1. The smallest absolute Gasteiger partial charge is 0.261 e. The number of aliphatic hydroxyl groups excluding tert-OH is 1. The van der Waals surface area contributed by atoms with Crippen LogP contribution in [0.15, 0.2) is 72.3 Å². The third kappa shape index (κ3) is 7.63. The van der Waals surface area contributed by atoms with Gasteiger partial charge in [0.1, 0.15) is 0 Å². The normalized spacial score (nSPS) is 15.3. The predicted molar refractivity (Wildman–Crippen MR) is 165 cm³/mol. The molecule has 0 aliphatic carbocycles. The summed E-state index contributed by atoms with van der Waals surface area (Å²) in [6, 6.07) is 21.0. The number of rotatable bonds is 12. The summed E-state index contributed by atoms with van der Waals surface area (Å²) in [7, 11) is -4.55. The SMILES string of the molecule is C/C(=C/CO[Si](c1ccccc1)(c1ccccc1)C(C)(C)C)C(=O)[C@@H](C)[C@@H](O)CCO[Si](C)(C)C(C)(C)C. The van der Waals surface area contributed by atoms with Crippen molar-refractivity contribution in [3.8, 4) is 0 Å². The molecule has 2 aromatic rings. The quantitative estimate of drug-likeness (QED) is 0.241. The van der Waals surface area contributed by atoms with Crippen LogP contribution in [-0.4, -0.2) is 46.8 Å². The Morgan fingerprint density at radius 1 is 0.868 bits per heavy atom. The van der Waals surface area contributed by atoms with Gasteiger partial charge in [-0.1, -0.05) is 115 Å². The summed E-state index contributed by atoms with van der Waals surface area (Å²) in [5.41, 5.74) is 0.625. The minimum absolute atomic E-state index is 0.0455. The molecule has 0 heterocycles. The number of carbonyl (C=O) groups excluding carboxylic acids is 1. The van der Waals surface area contributed by atoms with Gasteiger partial charge in [-0.3, -0.25) is 4.79 Å². The Morgan fingerprint density at radius 3 is 1.76 bits per heavy atom. The van der Waals surface area contributed by atoms with Gasteiger partial charge in [0, 0.05) is 12.5 Å². The first-order valence-electron chi connectivity index (χ1n) is 13.8. The zero-order chi connectivity index (χ0) is 28.8. The molecule has 0 fully saturated rings. The number of hydrogen-bond acceptors (Lipinski definition) is 4. The first-order chi connectivity index (χ1) is 17.5. The topological polar surface area (TPSA) is 55.8 Å². The van der Waals surface area contributed by atoms with E-state index >= 15 is 0 Å². The van der Waals surface area contributed by atoms with Crippen molar-refractivity contribution in [2.75, 3.05) is 13.2 Å². The van der Waals surface area contributed by atoms with Crippen LogP contribution in [0.2, 0.25) is 23.2 Å². The van der Waals surface area contributed by atoms with Crippen LogP contribution in [0.4, 0.5) is 0 Å². The number of carbonyl (C=O) groups is 1.